The molecule has 3 aromatic rings. The molecule has 0 unspecified atom stereocenters. The Kier molecular flexibility index (Phi) is 4.56. The van der Waals surface area contributed by atoms with Gasteiger partial charge in [-0.15, -0.1) is 0 Å². The number of fused-ring (bicyclic) bond motifs is 1. The summed E-state index contributed by atoms with van der Waals surface area (Å²) in [5, 5.41) is 2.71. The lowest BCUT2D eigenvalue weighted by atomic mass is 10.0. The van der Waals surface area contributed by atoms with Crippen LogP contribution >= 0.6 is 11.6 Å². The van der Waals surface area contributed by atoms with Crippen LogP contribution in [-0.4, -0.2) is 37.3 Å². The van der Waals surface area contributed by atoms with Crippen LogP contribution in [0.3, 0.4) is 0 Å². The van der Waals surface area contributed by atoms with Gasteiger partial charge in [-0.2, -0.15) is 0 Å². The molecule has 0 atom stereocenters. The lowest BCUT2D eigenvalue weighted by molar-refractivity contribution is 0.393. The number of rotatable bonds is 4. The summed E-state index contributed by atoms with van der Waals surface area (Å²) in [6.07, 6.45) is 3.09. The van der Waals surface area contributed by atoms with Gasteiger partial charge in [0.05, 0.1) is 24.9 Å². The fourth-order valence-electron chi connectivity index (χ4n) is 3.50. The van der Waals surface area contributed by atoms with E-state index in [-0.39, 0.29) is 0 Å². The number of aryl methyl sites for hydroxylation is 1. The third-order valence-corrected chi connectivity index (χ3v) is 5.50. The zero-order valence-electron chi connectivity index (χ0n) is 16.0. The van der Waals surface area contributed by atoms with Crippen molar-refractivity contribution >= 4 is 28.2 Å². The zero-order chi connectivity index (χ0) is 19.1. The zero-order valence-corrected chi connectivity index (χ0v) is 16.7. The SMILES string of the molecule is COc1cc(OC)c(Cl)c(-c2cc3cnc(C)cc3c(N3CCC3)n2)c1C. The van der Waals surface area contributed by atoms with Crippen molar-refractivity contribution in [3.63, 3.8) is 0 Å². The number of benzene rings is 1. The van der Waals surface area contributed by atoms with Crippen LogP contribution in [0.5, 0.6) is 11.5 Å². The van der Waals surface area contributed by atoms with Crippen LogP contribution in [0.4, 0.5) is 5.82 Å². The van der Waals surface area contributed by atoms with E-state index in [1.807, 2.05) is 32.2 Å². The molecule has 3 heterocycles. The van der Waals surface area contributed by atoms with Gasteiger partial charge in [0.2, 0.25) is 0 Å². The number of nitrogens with zero attached hydrogens (tertiary/aromatic N) is 3. The molecule has 1 aliphatic heterocycles. The van der Waals surface area contributed by atoms with Crippen LogP contribution in [0.2, 0.25) is 5.02 Å². The van der Waals surface area contributed by atoms with Gasteiger partial charge in [0.1, 0.15) is 17.3 Å². The summed E-state index contributed by atoms with van der Waals surface area (Å²) in [5.41, 5.74) is 3.55. The molecule has 27 heavy (non-hydrogen) atoms. The second-order valence-electron chi connectivity index (χ2n) is 6.81. The van der Waals surface area contributed by atoms with Crippen LogP contribution in [0.25, 0.3) is 22.0 Å². The van der Waals surface area contributed by atoms with Gasteiger partial charge in [0, 0.05) is 52.9 Å². The summed E-state index contributed by atoms with van der Waals surface area (Å²) >= 11 is 6.68. The lowest BCUT2D eigenvalue weighted by Crippen LogP contribution is -2.37. The topological polar surface area (TPSA) is 47.5 Å². The second-order valence-corrected chi connectivity index (χ2v) is 7.19. The Morgan fingerprint density at radius 2 is 1.78 bits per heavy atom. The predicted molar refractivity (Wildman–Crippen MR) is 109 cm³/mol. The van der Waals surface area contributed by atoms with Crippen molar-refractivity contribution in [3.8, 4) is 22.8 Å². The van der Waals surface area contributed by atoms with Gasteiger partial charge in [-0.3, -0.25) is 4.98 Å². The van der Waals surface area contributed by atoms with E-state index in [1.165, 1.54) is 6.42 Å². The first-order chi connectivity index (χ1) is 13.0. The normalized spacial score (nSPS) is 13.6. The summed E-state index contributed by atoms with van der Waals surface area (Å²) in [5.74, 6) is 2.28. The Balaban J connectivity index is 2.01. The summed E-state index contributed by atoms with van der Waals surface area (Å²) in [4.78, 5) is 11.8. The second kappa shape index (κ2) is 6.89. The van der Waals surface area contributed by atoms with Crippen molar-refractivity contribution in [1.29, 1.82) is 0 Å². The number of hydrogen-bond donors (Lipinski definition) is 0. The van der Waals surface area contributed by atoms with Gasteiger partial charge in [-0.25, -0.2) is 4.98 Å². The molecule has 6 heteroatoms. The van der Waals surface area contributed by atoms with E-state index < -0.39 is 0 Å². The number of halogens is 1. The molecule has 0 amide bonds. The fourth-order valence-corrected chi connectivity index (χ4v) is 3.87. The Labute approximate surface area is 163 Å². The molecule has 5 nitrogen and oxygen atoms in total. The average Bonchev–Trinajstić information content (AvgIpc) is 2.61. The fraction of sp³-hybridized carbons (Fsp3) is 0.333. The van der Waals surface area contributed by atoms with Crippen molar-refractivity contribution in [3.05, 3.63) is 40.7 Å². The number of anilines is 1. The van der Waals surface area contributed by atoms with E-state index in [0.29, 0.717) is 10.8 Å². The average molecular weight is 384 g/mol. The smallest absolute Gasteiger partial charge is 0.141 e. The first-order valence-electron chi connectivity index (χ1n) is 8.97. The molecule has 1 saturated heterocycles. The molecule has 2 aromatic heterocycles. The van der Waals surface area contributed by atoms with Gasteiger partial charge >= 0.3 is 0 Å². The van der Waals surface area contributed by atoms with Gasteiger partial charge < -0.3 is 14.4 Å². The minimum absolute atomic E-state index is 0.539. The van der Waals surface area contributed by atoms with Gasteiger partial charge in [-0.05, 0) is 32.4 Å². The maximum atomic E-state index is 6.68. The Hall–Kier alpha value is -2.53. The minimum atomic E-state index is 0.539. The van der Waals surface area contributed by atoms with E-state index >= 15 is 0 Å². The van der Waals surface area contributed by atoms with Gasteiger partial charge in [0.25, 0.3) is 0 Å². The summed E-state index contributed by atoms with van der Waals surface area (Å²) < 4.78 is 11.0. The highest BCUT2D eigenvalue weighted by atomic mass is 35.5. The molecule has 4 rings (SSSR count). The molecule has 0 bridgehead atoms. The highest BCUT2D eigenvalue weighted by Crippen LogP contribution is 2.43. The van der Waals surface area contributed by atoms with Crippen LogP contribution in [-0.2, 0) is 0 Å². The van der Waals surface area contributed by atoms with E-state index in [1.54, 1.807) is 14.2 Å². The third kappa shape index (κ3) is 2.96. The molecule has 1 aliphatic rings. The van der Waals surface area contributed by atoms with Crippen molar-refractivity contribution in [1.82, 2.24) is 9.97 Å². The highest BCUT2D eigenvalue weighted by molar-refractivity contribution is 6.35. The summed E-state index contributed by atoms with van der Waals surface area (Å²) in [6.45, 7) is 6.02. The number of methoxy groups -OCH3 is 2. The van der Waals surface area contributed by atoms with E-state index in [9.17, 15) is 0 Å². The molecule has 0 saturated carbocycles. The van der Waals surface area contributed by atoms with E-state index in [4.69, 9.17) is 26.1 Å². The highest BCUT2D eigenvalue weighted by Gasteiger charge is 2.23. The van der Waals surface area contributed by atoms with Crippen LogP contribution < -0.4 is 14.4 Å². The monoisotopic (exact) mass is 383 g/mol. The molecule has 1 fully saturated rings. The molecular formula is C21H22ClN3O2. The van der Waals surface area contributed by atoms with Crippen molar-refractivity contribution in [2.24, 2.45) is 0 Å². The first kappa shape index (κ1) is 17.9. The van der Waals surface area contributed by atoms with Crippen molar-refractivity contribution in [2.45, 2.75) is 20.3 Å². The minimum Gasteiger partial charge on any atom is -0.496 e. The van der Waals surface area contributed by atoms with E-state index in [0.717, 1.165) is 57.9 Å². The predicted octanol–water partition coefficient (Wildman–Crippen LogP) is 4.79. The number of aromatic nitrogens is 2. The number of pyridine rings is 2. The molecule has 1 aromatic carbocycles. The number of ether oxygens (including phenoxy) is 2. The van der Waals surface area contributed by atoms with Crippen LogP contribution in [0.1, 0.15) is 17.7 Å². The first-order valence-corrected chi connectivity index (χ1v) is 9.35. The maximum absolute atomic E-state index is 6.68. The largest absolute Gasteiger partial charge is 0.496 e. The molecule has 140 valence electrons. The van der Waals surface area contributed by atoms with Crippen LogP contribution in [0.15, 0.2) is 24.4 Å². The Morgan fingerprint density at radius 1 is 1.04 bits per heavy atom. The molecular weight excluding hydrogens is 362 g/mol. The van der Waals surface area contributed by atoms with Crippen LogP contribution in [0, 0.1) is 13.8 Å². The summed E-state index contributed by atoms with van der Waals surface area (Å²) in [6, 6.07) is 5.95. The summed E-state index contributed by atoms with van der Waals surface area (Å²) in [7, 11) is 3.25. The Morgan fingerprint density at radius 3 is 2.41 bits per heavy atom. The third-order valence-electron chi connectivity index (χ3n) is 5.13. The van der Waals surface area contributed by atoms with Crippen molar-refractivity contribution in [2.75, 3.05) is 32.2 Å². The quantitative estimate of drug-likeness (QED) is 0.648. The molecule has 0 radical (unpaired) electrons. The van der Waals surface area contributed by atoms with Crippen molar-refractivity contribution < 1.29 is 9.47 Å². The lowest BCUT2D eigenvalue weighted by Gasteiger charge is -2.33. The molecule has 0 aliphatic carbocycles. The Bertz CT molecular complexity index is 1000. The number of hydrogen-bond acceptors (Lipinski definition) is 5. The van der Waals surface area contributed by atoms with Gasteiger partial charge in [-0.1, -0.05) is 11.6 Å². The maximum Gasteiger partial charge on any atom is 0.141 e. The van der Waals surface area contributed by atoms with Gasteiger partial charge in [0.15, 0.2) is 0 Å². The standard InChI is InChI=1S/C21H22ClN3O2/c1-12-8-15-14(11-23-12)9-16(24-21(15)25-6-5-7-25)19-13(2)17(26-3)10-18(27-4)20(19)22/h8-11H,5-7H2,1-4H3. The molecule has 0 spiro atoms. The van der Waals surface area contributed by atoms with E-state index in [2.05, 4.69) is 16.0 Å². The molecule has 0 N–H and O–H groups in total.